The molecule has 2 aliphatic rings. The van der Waals surface area contributed by atoms with Gasteiger partial charge in [0.05, 0.1) is 10.2 Å². The van der Waals surface area contributed by atoms with Crippen molar-refractivity contribution in [3.63, 3.8) is 0 Å². The Hall–Kier alpha value is -5.62. The van der Waals surface area contributed by atoms with Crippen molar-refractivity contribution in [1.29, 1.82) is 0 Å². The summed E-state index contributed by atoms with van der Waals surface area (Å²) < 4.78 is 6.85. The second-order valence-corrected chi connectivity index (χ2v) is 14.1. The van der Waals surface area contributed by atoms with Crippen LogP contribution in [-0.2, 0) is 27.3 Å². The van der Waals surface area contributed by atoms with E-state index in [4.69, 9.17) is 9.72 Å². The molecule has 1 atom stereocenters. The number of nitrogens with zero attached hydrogens (tertiary/aromatic N) is 4. The van der Waals surface area contributed by atoms with Crippen molar-refractivity contribution < 1.29 is 23.9 Å². The SMILES string of the molecule is Cc1cc(-c2ccc(N(C)C)nc2)ccc1-c1nc2ccc(CCCNC(=O)COc3ccc4c(c3)CN(C3CCC(=O)NC3=O)C4=O)cc2s1. The number of aryl methyl sites for hydroxylation is 2. The van der Waals surface area contributed by atoms with Crippen LogP contribution in [-0.4, -0.2) is 71.8 Å². The van der Waals surface area contributed by atoms with Gasteiger partial charge in [-0.05, 0) is 90.9 Å². The van der Waals surface area contributed by atoms with E-state index in [2.05, 4.69) is 65.0 Å². The highest BCUT2D eigenvalue weighted by Crippen LogP contribution is 2.35. The van der Waals surface area contributed by atoms with Gasteiger partial charge < -0.3 is 19.9 Å². The van der Waals surface area contributed by atoms with Crippen LogP contribution in [0.3, 0.4) is 0 Å². The zero-order valence-corrected chi connectivity index (χ0v) is 29.5. The lowest BCUT2D eigenvalue weighted by Crippen LogP contribution is -2.52. The number of piperidine rings is 1. The van der Waals surface area contributed by atoms with Crippen LogP contribution in [0.15, 0.2) is 72.9 Å². The van der Waals surface area contributed by atoms with Crippen molar-refractivity contribution in [1.82, 2.24) is 25.5 Å². The molecule has 4 heterocycles. The predicted octanol–water partition coefficient (Wildman–Crippen LogP) is 5.29. The van der Waals surface area contributed by atoms with E-state index in [-0.39, 0.29) is 37.3 Å². The summed E-state index contributed by atoms with van der Waals surface area (Å²) in [6.07, 6.45) is 3.98. The number of amides is 4. The molecular formula is C39H38N6O5S. The first-order chi connectivity index (χ1) is 24.6. The first kappa shape index (κ1) is 33.9. The number of hydrogen-bond acceptors (Lipinski definition) is 9. The van der Waals surface area contributed by atoms with Crippen molar-refractivity contribution in [3.8, 4) is 27.4 Å². The molecule has 2 N–H and O–H groups in total. The van der Waals surface area contributed by atoms with E-state index in [9.17, 15) is 19.2 Å². The fourth-order valence-corrected chi connectivity index (χ4v) is 7.62. The number of ether oxygens (including phenoxy) is 1. The average molecular weight is 703 g/mol. The van der Waals surface area contributed by atoms with E-state index in [0.717, 1.165) is 61.7 Å². The first-order valence-electron chi connectivity index (χ1n) is 16.9. The summed E-state index contributed by atoms with van der Waals surface area (Å²) in [5, 5.41) is 6.21. The Morgan fingerprint density at radius 1 is 1.02 bits per heavy atom. The molecule has 2 aliphatic heterocycles. The molecule has 2 aromatic heterocycles. The molecule has 4 amide bonds. The van der Waals surface area contributed by atoms with Gasteiger partial charge in [-0.3, -0.25) is 24.5 Å². The molecule has 0 saturated carbocycles. The van der Waals surface area contributed by atoms with Gasteiger partial charge in [0.25, 0.3) is 11.8 Å². The van der Waals surface area contributed by atoms with E-state index < -0.39 is 11.9 Å². The van der Waals surface area contributed by atoms with Gasteiger partial charge in [-0.1, -0.05) is 24.3 Å². The molecule has 260 valence electrons. The third-order valence-corrected chi connectivity index (χ3v) is 10.3. The average Bonchev–Trinajstić information content (AvgIpc) is 3.69. The van der Waals surface area contributed by atoms with Crippen molar-refractivity contribution in [2.75, 3.05) is 32.1 Å². The van der Waals surface area contributed by atoms with Gasteiger partial charge in [0.1, 0.15) is 22.6 Å². The number of fused-ring (bicyclic) bond motifs is 2. The molecule has 0 radical (unpaired) electrons. The maximum atomic E-state index is 12.9. The molecule has 0 spiro atoms. The highest BCUT2D eigenvalue weighted by Gasteiger charge is 2.39. The lowest BCUT2D eigenvalue weighted by Gasteiger charge is -2.29. The molecule has 1 saturated heterocycles. The number of pyridine rings is 1. The lowest BCUT2D eigenvalue weighted by molar-refractivity contribution is -0.137. The number of nitrogens with one attached hydrogen (secondary N) is 2. The molecular weight excluding hydrogens is 665 g/mol. The molecule has 12 heteroatoms. The summed E-state index contributed by atoms with van der Waals surface area (Å²) in [5.74, 6) is 0.135. The van der Waals surface area contributed by atoms with Crippen molar-refractivity contribution in [2.24, 2.45) is 0 Å². The van der Waals surface area contributed by atoms with Gasteiger partial charge in [0.15, 0.2) is 6.61 Å². The minimum absolute atomic E-state index is 0.154. The number of benzene rings is 3. The minimum Gasteiger partial charge on any atom is -0.484 e. The normalized spacial score (nSPS) is 15.5. The van der Waals surface area contributed by atoms with Crippen LogP contribution in [0.4, 0.5) is 5.82 Å². The van der Waals surface area contributed by atoms with E-state index in [1.165, 1.54) is 10.5 Å². The maximum Gasteiger partial charge on any atom is 0.257 e. The summed E-state index contributed by atoms with van der Waals surface area (Å²) >= 11 is 1.68. The summed E-state index contributed by atoms with van der Waals surface area (Å²) in [4.78, 5) is 62.2. The van der Waals surface area contributed by atoms with Gasteiger partial charge in [-0.2, -0.15) is 0 Å². The highest BCUT2D eigenvalue weighted by atomic mass is 32.1. The smallest absolute Gasteiger partial charge is 0.257 e. The number of carbonyl (C=O) groups is 4. The van der Waals surface area contributed by atoms with Gasteiger partial charge in [0, 0.05) is 56.5 Å². The van der Waals surface area contributed by atoms with E-state index in [1.807, 2.05) is 31.3 Å². The quantitative estimate of drug-likeness (QED) is 0.140. The highest BCUT2D eigenvalue weighted by molar-refractivity contribution is 7.21. The Morgan fingerprint density at radius 3 is 2.61 bits per heavy atom. The lowest BCUT2D eigenvalue weighted by atomic mass is 10.0. The van der Waals surface area contributed by atoms with Gasteiger partial charge in [0.2, 0.25) is 11.8 Å². The summed E-state index contributed by atoms with van der Waals surface area (Å²) in [6, 6.07) is 21.3. The maximum absolute atomic E-state index is 12.9. The third kappa shape index (κ3) is 7.32. The number of thiazole rings is 1. The standard InChI is InChI=1S/C39H38N6O5S/c1-23-17-25(26-8-14-34(41-20-26)44(2)3)7-10-29(23)38-42-31-12-6-24(18-33(31)51-38)5-4-16-40-36(47)22-50-28-9-11-30-27(19-28)21-45(39(30)49)32-13-15-35(46)43-37(32)48/h6-12,14,17-20,32H,4-5,13,15-16,21-22H2,1-3H3,(H,40,47)(H,43,46,48). The third-order valence-electron chi connectivity index (χ3n) is 9.28. The monoisotopic (exact) mass is 702 g/mol. The number of aromatic nitrogens is 2. The topological polar surface area (TPSA) is 134 Å². The molecule has 3 aromatic carbocycles. The van der Waals surface area contributed by atoms with Crippen LogP contribution in [0.1, 0.15) is 46.3 Å². The summed E-state index contributed by atoms with van der Waals surface area (Å²) in [7, 11) is 3.96. The zero-order valence-electron chi connectivity index (χ0n) is 28.7. The van der Waals surface area contributed by atoms with E-state index in [0.29, 0.717) is 24.3 Å². The van der Waals surface area contributed by atoms with Crippen LogP contribution >= 0.6 is 11.3 Å². The van der Waals surface area contributed by atoms with Crippen molar-refractivity contribution in [3.05, 3.63) is 95.2 Å². The number of imide groups is 1. The van der Waals surface area contributed by atoms with Crippen LogP contribution in [0.25, 0.3) is 31.9 Å². The second kappa shape index (κ2) is 14.3. The van der Waals surface area contributed by atoms with Crippen LogP contribution in [0.2, 0.25) is 0 Å². The molecule has 1 fully saturated rings. The van der Waals surface area contributed by atoms with Crippen LogP contribution < -0.4 is 20.3 Å². The molecule has 11 nitrogen and oxygen atoms in total. The first-order valence-corrected chi connectivity index (χ1v) is 17.8. The largest absolute Gasteiger partial charge is 0.484 e. The second-order valence-electron chi connectivity index (χ2n) is 13.1. The fraction of sp³-hybridized carbons (Fsp3) is 0.282. The number of carbonyl (C=O) groups excluding carboxylic acids is 4. The van der Waals surface area contributed by atoms with Gasteiger partial charge in [-0.15, -0.1) is 11.3 Å². The Labute approximate surface area is 299 Å². The Kier molecular flexibility index (Phi) is 9.50. The molecule has 7 rings (SSSR count). The summed E-state index contributed by atoms with van der Waals surface area (Å²) in [6.45, 7) is 2.71. The Morgan fingerprint density at radius 2 is 1.84 bits per heavy atom. The number of anilines is 1. The fourth-order valence-electron chi connectivity index (χ4n) is 6.51. The molecule has 0 aliphatic carbocycles. The Balaban J connectivity index is 0.886. The summed E-state index contributed by atoms with van der Waals surface area (Å²) in [5.41, 5.74) is 7.84. The number of hydrogen-bond donors (Lipinski definition) is 2. The molecule has 5 aromatic rings. The van der Waals surface area contributed by atoms with Crippen LogP contribution in [0, 0.1) is 6.92 Å². The van der Waals surface area contributed by atoms with Crippen molar-refractivity contribution in [2.45, 2.75) is 45.2 Å². The number of rotatable bonds is 11. The molecule has 51 heavy (non-hydrogen) atoms. The molecule has 0 bridgehead atoms. The Bertz CT molecular complexity index is 2160. The molecule has 1 unspecified atom stereocenters. The predicted molar refractivity (Wildman–Crippen MR) is 197 cm³/mol. The van der Waals surface area contributed by atoms with E-state index >= 15 is 0 Å². The van der Waals surface area contributed by atoms with E-state index in [1.54, 1.807) is 29.5 Å². The van der Waals surface area contributed by atoms with Gasteiger partial charge in [-0.25, -0.2) is 9.97 Å². The zero-order chi connectivity index (χ0) is 35.6. The van der Waals surface area contributed by atoms with Crippen molar-refractivity contribution >= 4 is 51.0 Å². The van der Waals surface area contributed by atoms with Gasteiger partial charge >= 0.3 is 0 Å². The minimum atomic E-state index is -0.678. The van der Waals surface area contributed by atoms with Crippen LogP contribution in [0.5, 0.6) is 5.75 Å².